The molecule has 0 aromatic heterocycles. The quantitative estimate of drug-likeness (QED) is 0.674. The topological polar surface area (TPSA) is 9.23 Å². The average molecular weight is 295 g/mol. The summed E-state index contributed by atoms with van der Waals surface area (Å²) in [6, 6.07) is 6.62. The molecule has 0 aliphatic heterocycles. The van der Waals surface area contributed by atoms with Gasteiger partial charge in [0.15, 0.2) is 0 Å². The summed E-state index contributed by atoms with van der Waals surface area (Å²) in [5, 5.41) is 0. The van der Waals surface area contributed by atoms with E-state index in [0.717, 1.165) is 37.4 Å². The molecule has 1 atom stereocenters. The molecule has 0 N–H and O–H groups in total. The van der Waals surface area contributed by atoms with Gasteiger partial charge < -0.3 is 4.74 Å². The van der Waals surface area contributed by atoms with E-state index in [-0.39, 0.29) is 5.41 Å². The van der Waals surface area contributed by atoms with Crippen molar-refractivity contribution < 1.29 is 4.74 Å². The van der Waals surface area contributed by atoms with Crippen molar-refractivity contribution in [2.45, 2.75) is 59.3 Å². The van der Waals surface area contributed by atoms with Crippen LogP contribution in [0.4, 0.5) is 0 Å². The van der Waals surface area contributed by atoms with Gasteiger partial charge in [0.1, 0.15) is 5.75 Å². The van der Waals surface area contributed by atoms with Crippen LogP contribution < -0.4 is 4.74 Å². The Hall–Kier alpha value is -0.630. The fraction of sp³-hybridized carbons (Fsp3) is 0.667. The van der Waals surface area contributed by atoms with E-state index < -0.39 is 0 Å². The van der Waals surface area contributed by atoms with E-state index in [0.29, 0.717) is 5.92 Å². The molecule has 114 valence electrons. The molecule has 0 aliphatic rings. The summed E-state index contributed by atoms with van der Waals surface area (Å²) in [5.74, 6) is 2.69. The lowest BCUT2D eigenvalue weighted by molar-refractivity contribution is 0.276. The van der Waals surface area contributed by atoms with Crippen molar-refractivity contribution in [3.8, 4) is 5.75 Å². The third-order valence-corrected chi connectivity index (χ3v) is 4.01. The van der Waals surface area contributed by atoms with E-state index in [4.69, 9.17) is 4.74 Å². The minimum Gasteiger partial charge on any atom is -0.493 e. The van der Waals surface area contributed by atoms with E-state index in [1.54, 1.807) is 0 Å². The number of ether oxygens (including phenoxy) is 1. The fourth-order valence-electron chi connectivity index (χ4n) is 2.24. The van der Waals surface area contributed by atoms with Gasteiger partial charge in [0.05, 0.1) is 6.61 Å². The van der Waals surface area contributed by atoms with Crippen molar-refractivity contribution in [2.75, 3.05) is 12.4 Å². The second-order valence-electron chi connectivity index (χ2n) is 6.69. The Balaban J connectivity index is 2.74. The molecule has 2 heteroatoms. The molecule has 0 heterocycles. The molecule has 0 saturated carbocycles. The number of rotatable bonds is 7. The molecule has 0 bridgehead atoms. The van der Waals surface area contributed by atoms with Gasteiger partial charge in [0.25, 0.3) is 0 Å². The highest BCUT2D eigenvalue weighted by atomic mass is 32.1. The summed E-state index contributed by atoms with van der Waals surface area (Å²) >= 11 is 4.29. The van der Waals surface area contributed by atoms with Crippen LogP contribution in [0.25, 0.3) is 0 Å². The number of thiol groups is 1. The Morgan fingerprint density at radius 1 is 1.20 bits per heavy atom. The minimum atomic E-state index is 0.122. The van der Waals surface area contributed by atoms with Crippen LogP contribution in [0.5, 0.6) is 5.75 Å². The van der Waals surface area contributed by atoms with Gasteiger partial charge in [-0.05, 0) is 53.5 Å². The predicted molar refractivity (Wildman–Crippen MR) is 92.3 cm³/mol. The zero-order chi connectivity index (χ0) is 15.2. The Bertz CT molecular complexity index is 406. The van der Waals surface area contributed by atoms with Crippen LogP contribution in [0.3, 0.4) is 0 Å². The van der Waals surface area contributed by atoms with Crippen molar-refractivity contribution in [1.29, 1.82) is 0 Å². The molecule has 0 aliphatic carbocycles. The van der Waals surface area contributed by atoms with Crippen LogP contribution in [0.15, 0.2) is 18.2 Å². The molecule has 1 aromatic carbocycles. The number of hydrogen-bond donors (Lipinski definition) is 1. The largest absolute Gasteiger partial charge is 0.493 e. The SMILES string of the molecule is CCc1ccc(OCCC(C)CCS)c(C(C)(C)C)c1. The van der Waals surface area contributed by atoms with Gasteiger partial charge in [-0.1, -0.05) is 46.8 Å². The molecular weight excluding hydrogens is 264 g/mol. The number of benzene rings is 1. The lowest BCUT2D eigenvalue weighted by Gasteiger charge is -2.24. The second kappa shape index (κ2) is 7.97. The predicted octanol–water partition coefficient (Wildman–Crippen LogP) is 5.27. The smallest absolute Gasteiger partial charge is 0.123 e. The summed E-state index contributed by atoms with van der Waals surface area (Å²) < 4.78 is 6.06. The summed E-state index contributed by atoms with van der Waals surface area (Å²) in [4.78, 5) is 0. The summed E-state index contributed by atoms with van der Waals surface area (Å²) in [7, 11) is 0. The first-order valence-electron chi connectivity index (χ1n) is 7.75. The molecular formula is C18H30OS. The Morgan fingerprint density at radius 2 is 1.90 bits per heavy atom. The summed E-state index contributed by atoms with van der Waals surface area (Å²) in [5.41, 5.74) is 2.82. The highest BCUT2D eigenvalue weighted by Crippen LogP contribution is 2.32. The van der Waals surface area contributed by atoms with Crippen LogP contribution >= 0.6 is 12.6 Å². The normalized spacial score (nSPS) is 13.3. The Morgan fingerprint density at radius 3 is 2.45 bits per heavy atom. The monoisotopic (exact) mass is 294 g/mol. The van der Waals surface area contributed by atoms with Gasteiger partial charge in [0, 0.05) is 0 Å². The van der Waals surface area contributed by atoms with Crippen molar-refractivity contribution >= 4 is 12.6 Å². The van der Waals surface area contributed by atoms with Crippen molar-refractivity contribution in [2.24, 2.45) is 5.92 Å². The molecule has 1 unspecified atom stereocenters. The standard InChI is InChI=1S/C18H30OS/c1-6-15-7-8-17(16(13-15)18(3,4)5)19-11-9-14(2)10-12-20/h7-8,13-14,20H,6,9-12H2,1-5H3. The third-order valence-electron chi connectivity index (χ3n) is 3.75. The van der Waals surface area contributed by atoms with Gasteiger partial charge in [-0.15, -0.1) is 0 Å². The molecule has 20 heavy (non-hydrogen) atoms. The van der Waals surface area contributed by atoms with Crippen LogP contribution in [0.2, 0.25) is 0 Å². The van der Waals surface area contributed by atoms with E-state index in [9.17, 15) is 0 Å². The zero-order valence-electron chi connectivity index (χ0n) is 13.7. The first-order valence-corrected chi connectivity index (χ1v) is 8.38. The highest BCUT2D eigenvalue weighted by molar-refractivity contribution is 7.80. The molecule has 1 aromatic rings. The van der Waals surface area contributed by atoms with Crippen LogP contribution in [0.1, 0.15) is 58.6 Å². The fourth-order valence-corrected chi connectivity index (χ4v) is 2.68. The van der Waals surface area contributed by atoms with Gasteiger partial charge in [-0.2, -0.15) is 12.6 Å². The van der Waals surface area contributed by atoms with E-state index >= 15 is 0 Å². The lowest BCUT2D eigenvalue weighted by atomic mass is 9.85. The van der Waals surface area contributed by atoms with Crippen molar-refractivity contribution in [3.63, 3.8) is 0 Å². The molecule has 1 rings (SSSR count). The maximum absolute atomic E-state index is 6.06. The second-order valence-corrected chi connectivity index (χ2v) is 7.14. The van der Waals surface area contributed by atoms with Gasteiger partial charge in [0.2, 0.25) is 0 Å². The van der Waals surface area contributed by atoms with Crippen LogP contribution in [-0.4, -0.2) is 12.4 Å². The Kier molecular flexibility index (Phi) is 6.94. The third kappa shape index (κ3) is 5.40. The van der Waals surface area contributed by atoms with Gasteiger partial charge in [-0.3, -0.25) is 0 Å². The first-order chi connectivity index (χ1) is 9.38. The van der Waals surface area contributed by atoms with Crippen molar-refractivity contribution in [3.05, 3.63) is 29.3 Å². The summed E-state index contributed by atoms with van der Waals surface area (Å²) in [6.07, 6.45) is 3.33. The van der Waals surface area contributed by atoms with E-state index in [2.05, 4.69) is 65.4 Å². The van der Waals surface area contributed by atoms with E-state index in [1.807, 2.05) is 0 Å². The lowest BCUT2D eigenvalue weighted by Crippen LogP contribution is -2.15. The maximum Gasteiger partial charge on any atom is 0.123 e. The van der Waals surface area contributed by atoms with Crippen LogP contribution in [0, 0.1) is 5.92 Å². The minimum absolute atomic E-state index is 0.122. The molecule has 0 spiro atoms. The Labute approximate surface area is 130 Å². The maximum atomic E-state index is 6.06. The molecule has 0 fully saturated rings. The number of hydrogen-bond acceptors (Lipinski definition) is 2. The average Bonchev–Trinajstić information content (AvgIpc) is 2.38. The molecule has 0 radical (unpaired) electrons. The molecule has 0 amide bonds. The van der Waals surface area contributed by atoms with Gasteiger partial charge >= 0.3 is 0 Å². The summed E-state index contributed by atoms with van der Waals surface area (Å²) in [6.45, 7) is 12.0. The first kappa shape index (κ1) is 17.4. The molecule has 0 saturated heterocycles. The molecule has 1 nitrogen and oxygen atoms in total. The van der Waals surface area contributed by atoms with Gasteiger partial charge in [-0.25, -0.2) is 0 Å². The highest BCUT2D eigenvalue weighted by Gasteiger charge is 2.19. The number of aryl methyl sites for hydroxylation is 1. The zero-order valence-corrected chi connectivity index (χ0v) is 14.6. The van der Waals surface area contributed by atoms with Crippen molar-refractivity contribution in [1.82, 2.24) is 0 Å². The van der Waals surface area contributed by atoms with Crippen LogP contribution in [-0.2, 0) is 11.8 Å². The van der Waals surface area contributed by atoms with E-state index in [1.165, 1.54) is 11.1 Å².